The quantitative estimate of drug-likeness (QED) is 0.518. The van der Waals surface area contributed by atoms with Gasteiger partial charge in [-0.05, 0) is 54.4 Å². The Kier molecular flexibility index (Phi) is 9.66. The monoisotopic (exact) mass is 331 g/mol. The lowest BCUT2D eigenvalue weighted by Crippen LogP contribution is -2.18. The molecule has 0 unspecified atom stereocenters. The average molecular weight is 332 g/mol. The fraction of sp³-hybridized carbons (Fsp3) is 0.571. The first-order valence-electron chi connectivity index (χ1n) is 6.50. The Morgan fingerprint density at radius 3 is 2.83 bits per heavy atom. The Balaban J connectivity index is 1.94. The van der Waals surface area contributed by atoms with Crippen molar-refractivity contribution in [2.75, 3.05) is 32.1 Å². The third kappa shape index (κ3) is 7.41. The summed E-state index contributed by atoms with van der Waals surface area (Å²) >= 11 is 5.44. The fourth-order valence-electron chi connectivity index (χ4n) is 1.52. The van der Waals surface area contributed by atoms with E-state index in [0.717, 1.165) is 38.5 Å². The molecular weight excluding hydrogens is 310 g/mol. The molecule has 0 heterocycles. The van der Waals surface area contributed by atoms with Crippen LogP contribution in [-0.2, 0) is 4.74 Å². The summed E-state index contributed by atoms with van der Waals surface area (Å²) < 4.78 is 6.48. The van der Waals surface area contributed by atoms with E-state index >= 15 is 0 Å². The smallest absolute Gasteiger partial charge is 0.0466 e. The molecule has 0 aromatic heterocycles. The Morgan fingerprint density at radius 1 is 1.22 bits per heavy atom. The van der Waals surface area contributed by atoms with Gasteiger partial charge in [-0.1, -0.05) is 12.1 Å². The first-order chi connectivity index (χ1) is 8.84. The number of thioether (sulfide) groups is 1. The van der Waals surface area contributed by atoms with Crippen LogP contribution in [0.1, 0.15) is 19.8 Å². The Morgan fingerprint density at radius 2 is 2.06 bits per heavy atom. The maximum atomic E-state index is 5.30. The van der Waals surface area contributed by atoms with Crippen LogP contribution in [0.3, 0.4) is 0 Å². The summed E-state index contributed by atoms with van der Waals surface area (Å²) in [4.78, 5) is 1.32. The molecule has 0 aliphatic rings. The van der Waals surface area contributed by atoms with Crippen LogP contribution in [0.4, 0.5) is 0 Å². The zero-order valence-corrected chi connectivity index (χ0v) is 13.4. The van der Waals surface area contributed by atoms with Gasteiger partial charge in [0.2, 0.25) is 0 Å². The van der Waals surface area contributed by atoms with Gasteiger partial charge in [-0.2, -0.15) is 0 Å². The van der Waals surface area contributed by atoms with Gasteiger partial charge in [-0.25, -0.2) is 0 Å². The molecule has 0 saturated carbocycles. The molecule has 0 amide bonds. The van der Waals surface area contributed by atoms with Gasteiger partial charge in [0.05, 0.1) is 0 Å². The number of halogens is 1. The molecule has 1 aromatic carbocycles. The molecule has 0 radical (unpaired) electrons. The third-order valence-corrected chi connectivity index (χ3v) is 4.50. The summed E-state index contributed by atoms with van der Waals surface area (Å²) in [5, 5.41) is 3.46. The van der Waals surface area contributed by atoms with Gasteiger partial charge in [0.15, 0.2) is 0 Å². The zero-order valence-electron chi connectivity index (χ0n) is 11.0. The van der Waals surface area contributed by atoms with Gasteiger partial charge in [-0.15, -0.1) is 11.8 Å². The summed E-state index contributed by atoms with van der Waals surface area (Å²) in [6.45, 7) is 5.90. The van der Waals surface area contributed by atoms with Crippen LogP contribution >= 0.6 is 27.7 Å². The lowest BCUT2D eigenvalue weighted by molar-refractivity contribution is 0.143. The first kappa shape index (κ1) is 16.0. The summed E-state index contributed by atoms with van der Waals surface area (Å²) in [6, 6.07) is 8.36. The zero-order chi connectivity index (χ0) is 13.1. The molecule has 0 fully saturated rings. The minimum absolute atomic E-state index is 0.829. The van der Waals surface area contributed by atoms with E-state index in [0.29, 0.717) is 0 Å². The highest BCUT2D eigenvalue weighted by atomic mass is 79.9. The number of hydrogen-bond donors (Lipinski definition) is 1. The van der Waals surface area contributed by atoms with E-state index in [1.54, 1.807) is 0 Å². The first-order valence-corrected chi connectivity index (χ1v) is 8.28. The van der Waals surface area contributed by atoms with E-state index < -0.39 is 0 Å². The van der Waals surface area contributed by atoms with Gasteiger partial charge in [-0.3, -0.25) is 0 Å². The van der Waals surface area contributed by atoms with E-state index in [9.17, 15) is 0 Å². The van der Waals surface area contributed by atoms with Crippen molar-refractivity contribution >= 4 is 27.7 Å². The van der Waals surface area contributed by atoms with Gasteiger partial charge < -0.3 is 10.1 Å². The van der Waals surface area contributed by atoms with Gasteiger partial charge in [0.25, 0.3) is 0 Å². The van der Waals surface area contributed by atoms with Crippen LogP contribution in [0.5, 0.6) is 0 Å². The van der Waals surface area contributed by atoms with Gasteiger partial charge in [0, 0.05) is 34.9 Å². The predicted octanol–water partition coefficient (Wildman–Crippen LogP) is 3.95. The lowest BCUT2D eigenvalue weighted by Gasteiger charge is -2.06. The van der Waals surface area contributed by atoms with Crippen LogP contribution in [0, 0.1) is 0 Å². The summed E-state index contributed by atoms with van der Waals surface area (Å²) in [7, 11) is 0. The van der Waals surface area contributed by atoms with E-state index in [1.165, 1.54) is 15.8 Å². The van der Waals surface area contributed by atoms with E-state index in [1.807, 2.05) is 24.8 Å². The standard InChI is InChI=1S/C14H22BrNOS/c1-2-17-11-6-5-9-16-10-12-18-14-8-4-3-7-13(14)15/h3-4,7-8,16H,2,5-6,9-12H2,1H3. The lowest BCUT2D eigenvalue weighted by atomic mass is 10.3. The van der Waals surface area contributed by atoms with Crippen LogP contribution in [0.15, 0.2) is 33.6 Å². The van der Waals surface area contributed by atoms with Gasteiger partial charge >= 0.3 is 0 Å². The second kappa shape index (κ2) is 10.9. The minimum Gasteiger partial charge on any atom is -0.382 e. The number of nitrogens with one attached hydrogen (secondary N) is 1. The molecule has 4 heteroatoms. The molecular formula is C14H22BrNOS. The molecule has 1 aromatic rings. The minimum atomic E-state index is 0.829. The molecule has 1 rings (SSSR count). The normalized spacial score (nSPS) is 10.8. The van der Waals surface area contributed by atoms with Crippen molar-refractivity contribution in [2.45, 2.75) is 24.7 Å². The maximum absolute atomic E-state index is 5.30. The molecule has 102 valence electrons. The number of benzene rings is 1. The van der Waals surface area contributed by atoms with E-state index in [2.05, 4.69) is 39.4 Å². The molecule has 18 heavy (non-hydrogen) atoms. The fourth-order valence-corrected chi connectivity index (χ4v) is 2.99. The highest BCUT2D eigenvalue weighted by Crippen LogP contribution is 2.26. The van der Waals surface area contributed by atoms with E-state index in [-0.39, 0.29) is 0 Å². The molecule has 0 atom stereocenters. The van der Waals surface area contributed by atoms with Crippen LogP contribution < -0.4 is 5.32 Å². The molecule has 0 saturated heterocycles. The number of unbranched alkanes of at least 4 members (excludes halogenated alkanes) is 1. The van der Waals surface area contributed by atoms with Crippen molar-refractivity contribution < 1.29 is 4.74 Å². The topological polar surface area (TPSA) is 21.3 Å². The van der Waals surface area contributed by atoms with E-state index in [4.69, 9.17) is 4.74 Å². The predicted molar refractivity (Wildman–Crippen MR) is 83.5 cm³/mol. The largest absolute Gasteiger partial charge is 0.382 e. The third-order valence-electron chi connectivity index (χ3n) is 2.47. The van der Waals surface area contributed by atoms with Crippen molar-refractivity contribution in [3.05, 3.63) is 28.7 Å². The molecule has 0 aliphatic carbocycles. The van der Waals surface area contributed by atoms with Crippen molar-refractivity contribution in [2.24, 2.45) is 0 Å². The van der Waals surface area contributed by atoms with Crippen molar-refractivity contribution in [1.82, 2.24) is 5.32 Å². The molecule has 0 aliphatic heterocycles. The molecule has 0 spiro atoms. The summed E-state index contributed by atoms with van der Waals surface area (Å²) in [6.07, 6.45) is 2.35. The number of hydrogen-bond acceptors (Lipinski definition) is 3. The highest BCUT2D eigenvalue weighted by Gasteiger charge is 1.98. The Labute approximate surface area is 123 Å². The van der Waals surface area contributed by atoms with Crippen molar-refractivity contribution in [1.29, 1.82) is 0 Å². The maximum Gasteiger partial charge on any atom is 0.0466 e. The Hall–Kier alpha value is -0.0300. The second-order valence-electron chi connectivity index (χ2n) is 3.93. The van der Waals surface area contributed by atoms with Crippen LogP contribution in [-0.4, -0.2) is 32.1 Å². The van der Waals surface area contributed by atoms with Crippen LogP contribution in [0.25, 0.3) is 0 Å². The average Bonchev–Trinajstić information content (AvgIpc) is 2.39. The number of ether oxygens (including phenoxy) is 1. The number of rotatable bonds is 10. The van der Waals surface area contributed by atoms with Crippen molar-refractivity contribution in [3.8, 4) is 0 Å². The molecule has 2 nitrogen and oxygen atoms in total. The SMILES string of the molecule is CCOCCCCNCCSc1ccccc1Br. The Bertz CT molecular complexity index is 322. The summed E-state index contributed by atoms with van der Waals surface area (Å²) in [5.74, 6) is 1.11. The van der Waals surface area contributed by atoms with Crippen LogP contribution in [0.2, 0.25) is 0 Å². The van der Waals surface area contributed by atoms with Gasteiger partial charge in [0.1, 0.15) is 0 Å². The molecule has 0 bridgehead atoms. The molecule has 1 N–H and O–H groups in total. The highest BCUT2D eigenvalue weighted by molar-refractivity contribution is 9.10. The van der Waals surface area contributed by atoms with Crippen molar-refractivity contribution in [3.63, 3.8) is 0 Å². The summed E-state index contributed by atoms with van der Waals surface area (Å²) in [5.41, 5.74) is 0. The second-order valence-corrected chi connectivity index (χ2v) is 5.92.